The molecule has 1 atom stereocenters. The summed E-state index contributed by atoms with van der Waals surface area (Å²) in [6.45, 7) is 14.7. The van der Waals surface area contributed by atoms with E-state index in [9.17, 15) is 9.59 Å². The Labute approximate surface area is 232 Å². The Hall–Kier alpha value is -3.71. The van der Waals surface area contributed by atoms with Crippen molar-refractivity contribution in [1.29, 1.82) is 0 Å². The summed E-state index contributed by atoms with van der Waals surface area (Å²) in [5.74, 6) is -0.104. The molecule has 202 valence electrons. The van der Waals surface area contributed by atoms with Crippen LogP contribution < -0.4 is 14.9 Å². The Morgan fingerprint density at radius 2 is 1.74 bits per heavy atom. The van der Waals surface area contributed by atoms with E-state index >= 15 is 0 Å². The maximum absolute atomic E-state index is 14.1. The summed E-state index contributed by atoms with van der Waals surface area (Å²) in [7, 11) is 1.36. The predicted octanol–water partition coefficient (Wildman–Crippen LogP) is 5.68. The number of allylic oxidation sites excluding steroid dienone is 1. The fraction of sp³-hybridized carbons (Fsp3) is 0.344. The third-order valence-corrected chi connectivity index (χ3v) is 8.64. The van der Waals surface area contributed by atoms with E-state index in [1.165, 1.54) is 35.1 Å². The molecular weight excluding hydrogens is 506 g/mol. The second-order valence-corrected chi connectivity index (χ2v) is 11.8. The zero-order chi connectivity index (χ0) is 28.2. The molecule has 0 amide bonds. The largest absolute Gasteiger partial charge is 0.466 e. The standard InChI is InChI=1S/C32H35N3O3S/c1-17(2)22-12-14-23(15-13-22)29-27(31(37)38-8)20(6)33-32-35(29)30(36)26(39-32)16-25-21(7)34(18(3)4)28-19(5)10-9-11-24(25)28/h9-18,29H,1-8H3/b26-16-/t29-/m1/s1. The van der Waals surface area contributed by atoms with Crippen molar-refractivity contribution in [2.45, 2.75) is 66.5 Å². The van der Waals surface area contributed by atoms with E-state index in [-0.39, 0.29) is 11.6 Å². The van der Waals surface area contributed by atoms with Gasteiger partial charge >= 0.3 is 5.97 Å². The van der Waals surface area contributed by atoms with Gasteiger partial charge in [-0.2, -0.15) is 0 Å². The first-order valence-corrected chi connectivity index (χ1v) is 14.2. The average molecular weight is 542 g/mol. The summed E-state index contributed by atoms with van der Waals surface area (Å²) in [4.78, 5) is 32.4. The van der Waals surface area contributed by atoms with Crippen LogP contribution in [0.3, 0.4) is 0 Å². The first-order chi connectivity index (χ1) is 18.5. The number of aromatic nitrogens is 2. The number of methoxy groups -OCH3 is 1. The van der Waals surface area contributed by atoms with E-state index in [1.54, 1.807) is 4.57 Å². The third kappa shape index (κ3) is 4.39. The lowest BCUT2D eigenvalue weighted by molar-refractivity contribution is -0.136. The van der Waals surface area contributed by atoms with Crippen LogP contribution in [0.1, 0.15) is 80.6 Å². The molecule has 0 radical (unpaired) electrons. The first-order valence-electron chi connectivity index (χ1n) is 13.4. The van der Waals surface area contributed by atoms with Crippen molar-refractivity contribution in [2.75, 3.05) is 7.11 Å². The number of fused-ring (bicyclic) bond motifs is 2. The van der Waals surface area contributed by atoms with Gasteiger partial charge < -0.3 is 9.30 Å². The molecule has 3 heterocycles. The maximum atomic E-state index is 14.1. The summed E-state index contributed by atoms with van der Waals surface area (Å²) in [6.07, 6.45) is 2.00. The lowest BCUT2D eigenvalue weighted by atomic mass is 9.93. The number of hydrogen-bond donors (Lipinski definition) is 0. The molecule has 2 aromatic carbocycles. The molecule has 0 saturated carbocycles. The number of benzene rings is 2. The molecule has 6 nitrogen and oxygen atoms in total. The van der Waals surface area contributed by atoms with Gasteiger partial charge in [-0.3, -0.25) is 9.36 Å². The van der Waals surface area contributed by atoms with E-state index in [1.807, 2.05) is 25.1 Å². The highest BCUT2D eigenvalue weighted by molar-refractivity contribution is 7.07. The fourth-order valence-corrected chi connectivity index (χ4v) is 6.75. The quantitative estimate of drug-likeness (QED) is 0.305. The normalized spacial score (nSPS) is 15.8. The number of esters is 1. The number of para-hydroxylation sites is 1. The Balaban J connectivity index is 1.78. The Morgan fingerprint density at radius 1 is 1.05 bits per heavy atom. The topological polar surface area (TPSA) is 65.6 Å². The number of thiazole rings is 1. The van der Waals surface area contributed by atoms with E-state index in [0.29, 0.717) is 26.5 Å². The van der Waals surface area contributed by atoms with Crippen LogP contribution in [0.4, 0.5) is 0 Å². The van der Waals surface area contributed by atoms with Crippen LogP contribution in [0.15, 0.2) is 63.5 Å². The molecule has 2 aromatic heterocycles. The summed E-state index contributed by atoms with van der Waals surface area (Å²) in [5, 5.41) is 1.12. The van der Waals surface area contributed by atoms with Gasteiger partial charge in [0.2, 0.25) is 0 Å². The highest BCUT2D eigenvalue weighted by atomic mass is 32.1. The summed E-state index contributed by atoms with van der Waals surface area (Å²) in [5.41, 5.74) is 7.38. The fourth-order valence-electron chi connectivity index (χ4n) is 5.72. The SMILES string of the molecule is COC(=O)C1=C(C)N=c2s/c(=C\c3c(C)n(C(C)C)c4c(C)cccc34)c(=O)n2[C@@H]1c1ccc(C(C)C)cc1. The van der Waals surface area contributed by atoms with E-state index < -0.39 is 12.0 Å². The summed E-state index contributed by atoms with van der Waals surface area (Å²) >= 11 is 1.36. The molecule has 0 bridgehead atoms. The van der Waals surface area contributed by atoms with E-state index in [4.69, 9.17) is 9.73 Å². The molecule has 0 aliphatic carbocycles. The first kappa shape index (κ1) is 26.9. The van der Waals surface area contributed by atoms with Crippen molar-refractivity contribution in [3.63, 3.8) is 0 Å². The van der Waals surface area contributed by atoms with Gasteiger partial charge in [0.15, 0.2) is 4.80 Å². The lowest BCUT2D eigenvalue weighted by Crippen LogP contribution is -2.39. The molecule has 5 rings (SSSR count). The Morgan fingerprint density at radius 3 is 2.36 bits per heavy atom. The highest BCUT2D eigenvalue weighted by Gasteiger charge is 2.33. The van der Waals surface area contributed by atoms with Gasteiger partial charge in [-0.25, -0.2) is 9.79 Å². The minimum atomic E-state index is -0.614. The molecule has 0 fully saturated rings. The van der Waals surface area contributed by atoms with Crippen LogP contribution in [0, 0.1) is 13.8 Å². The van der Waals surface area contributed by atoms with Crippen molar-refractivity contribution in [2.24, 2.45) is 4.99 Å². The van der Waals surface area contributed by atoms with Gasteiger partial charge in [-0.15, -0.1) is 0 Å². The van der Waals surface area contributed by atoms with Gasteiger partial charge in [0.25, 0.3) is 5.56 Å². The molecule has 7 heteroatoms. The second kappa shape index (κ2) is 10.1. The van der Waals surface area contributed by atoms with Crippen molar-refractivity contribution in [3.05, 3.63) is 101 Å². The van der Waals surface area contributed by atoms with Gasteiger partial charge in [-0.05, 0) is 63.3 Å². The van der Waals surface area contributed by atoms with Crippen molar-refractivity contribution < 1.29 is 9.53 Å². The van der Waals surface area contributed by atoms with Gasteiger partial charge in [0.05, 0.1) is 34.5 Å². The zero-order valence-electron chi connectivity index (χ0n) is 23.8. The van der Waals surface area contributed by atoms with Crippen molar-refractivity contribution in [1.82, 2.24) is 9.13 Å². The monoisotopic (exact) mass is 541 g/mol. The van der Waals surface area contributed by atoms with Crippen LogP contribution in [-0.4, -0.2) is 22.2 Å². The van der Waals surface area contributed by atoms with Crippen molar-refractivity contribution >= 4 is 34.3 Å². The highest BCUT2D eigenvalue weighted by Crippen LogP contribution is 2.33. The molecule has 0 saturated heterocycles. The zero-order valence-corrected chi connectivity index (χ0v) is 24.6. The third-order valence-electron chi connectivity index (χ3n) is 7.66. The van der Waals surface area contributed by atoms with E-state index in [2.05, 4.69) is 76.4 Å². The molecule has 4 aromatic rings. The number of carbonyl (C=O) groups is 1. The average Bonchev–Trinajstić information content (AvgIpc) is 3.36. The summed E-state index contributed by atoms with van der Waals surface area (Å²) in [6, 6.07) is 14.1. The van der Waals surface area contributed by atoms with Crippen LogP contribution in [0.25, 0.3) is 17.0 Å². The molecule has 0 N–H and O–H groups in total. The number of rotatable bonds is 5. The minimum Gasteiger partial charge on any atom is -0.466 e. The van der Waals surface area contributed by atoms with Crippen molar-refractivity contribution in [3.8, 4) is 0 Å². The van der Waals surface area contributed by atoms with Gasteiger partial charge in [0, 0.05) is 22.7 Å². The van der Waals surface area contributed by atoms with Crippen LogP contribution >= 0.6 is 11.3 Å². The Bertz CT molecular complexity index is 1820. The number of aryl methyl sites for hydroxylation is 1. The van der Waals surface area contributed by atoms with Crippen LogP contribution in [0.5, 0.6) is 0 Å². The number of carbonyl (C=O) groups excluding carboxylic acids is 1. The minimum absolute atomic E-state index is 0.164. The molecule has 1 aliphatic rings. The number of hydrogen-bond acceptors (Lipinski definition) is 5. The predicted molar refractivity (Wildman–Crippen MR) is 158 cm³/mol. The number of ether oxygens (including phenoxy) is 1. The molecular formula is C32H35N3O3S. The maximum Gasteiger partial charge on any atom is 0.338 e. The smallest absolute Gasteiger partial charge is 0.338 e. The number of nitrogens with zero attached hydrogens (tertiary/aromatic N) is 3. The van der Waals surface area contributed by atoms with E-state index in [0.717, 1.165) is 22.2 Å². The second-order valence-electron chi connectivity index (χ2n) is 10.8. The lowest BCUT2D eigenvalue weighted by Gasteiger charge is -2.24. The van der Waals surface area contributed by atoms with Gasteiger partial charge in [0.1, 0.15) is 0 Å². The van der Waals surface area contributed by atoms with Gasteiger partial charge in [-0.1, -0.05) is 67.6 Å². The molecule has 0 spiro atoms. The molecule has 39 heavy (non-hydrogen) atoms. The molecule has 0 unspecified atom stereocenters. The van der Waals surface area contributed by atoms with Crippen LogP contribution in [-0.2, 0) is 9.53 Å². The van der Waals surface area contributed by atoms with Crippen LogP contribution in [0.2, 0.25) is 0 Å². The molecule has 1 aliphatic heterocycles. The Kier molecular flexibility index (Phi) is 6.97. The summed E-state index contributed by atoms with van der Waals surface area (Å²) < 4.78 is 9.73.